The van der Waals surface area contributed by atoms with Crippen LogP contribution < -0.4 is 10.1 Å². The molecule has 24 heavy (non-hydrogen) atoms. The molecule has 0 atom stereocenters. The normalized spacial score (nSPS) is 10.6. The molecule has 2 aromatic heterocycles. The quantitative estimate of drug-likeness (QED) is 0.752. The van der Waals surface area contributed by atoms with Crippen molar-refractivity contribution in [3.05, 3.63) is 77.5 Å². The largest absolute Gasteiger partial charge is 0.438 e. The van der Waals surface area contributed by atoms with E-state index in [0.717, 1.165) is 28.3 Å². The van der Waals surface area contributed by atoms with Crippen molar-refractivity contribution < 1.29 is 4.74 Å². The molecule has 0 saturated heterocycles. The summed E-state index contributed by atoms with van der Waals surface area (Å²) in [6.45, 7) is 5.25. The molecule has 0 spiro atoms. The fourth-order valence-corrected chi connectivity index (χ4v) is 2.28. The molecule has 0 amide bonds. The van der Waals surface area contributed by atoms with Crippen LogP contribution in [-0.2, 0) is 13.1 Å². The lowest BCUT2D eigenvalue weighted by atomic mass is 10.2. The molecule has 0 radical (unpaired) electrons. The number of aryl methyl sites for hydroxylation is 2. The Labute approximate surface area is 141 Å². The fourth-order valence-electron chi connectivity index (χ4n) is 2.28. The number of benzene rings is 1. The van der Waals surface area contributed by atoms with Crippen LogP contribution in [0.3, 0.4) is 0 Å². The number of ether oxygens (including phenoxy) is 1. The number of pyridine rings is 1. The van der Waals surface area contributed by atoms with E-state index in [-0.39, 0.29) is 0 Å². The topological polar surface area (TPSA) is 59.9 Å². The minimum atomic E-state index is 0.624. The molecule has 1 N–H and O–H groups in total. The maximum Gasteiger partial charge on any atom is 0.223 e. The monoisotopic (exact) mass is 320 g/mol. The summed E-state index contributed by atoms with van der Waals surface area (Å²) in [4.78, 5) is 12.8. The Bertz CT molecular complexity index is 802. The number of aromatic nitrogens is 3. The van der Waals surface area contributed by atoms with Gasteiger partial charge in [-0.15, -0.1) is 0 Å². The van der Waals surface area contributed by atoms with Crippen molar-refractivity contribution in [2.45, 2.75) is 26.9 Å². The molecule has 5 heteroatoms. The van der Waals surface area contributed by atoms with Gasteiger partial charge in [0.25, 0.3) is 0 Å². The minimum Gasteiger partial charge on any atom is -0.438 e. The first-order valence-electron chi connectivity index (χ1n) is 7.88. The van der Waals surface area contributed by atoms with Gasteiger partial charge in [-0.1, -0.05) is 24.3 Å². The van der Waals surface area contributed by atoms with Crippen LogP contribution in [0.2, 0.25) is 0 Å². The first kappa shape index (κ1) is 16.1. The van der Waals surface area contributed by atoms with Gasteiger partial charge in [-0.3, -0.25) is 0 Å². The van der Waals surface area contributed by atoms with E-state index in [9.17, 15) is 0 Å². The van der Waals surface area contributed by atoms with Crippen molar-refractivity contribution >= 4 is 0 Å². The van der Waals surface area contributed by atoms with Crippen molar-refractivity contribution in [2.75, 3.05) is 0 Å². The van der Waals surface area contributed by atoms with E-state index < -0.39 is 0 Å². The predicted octanol–water partition coefficient (Wildman–Crippen LogP) is 3.57. The van der Waals surface area contributed by atoms with Gasteiger partial charge in [0.05, 0.1) is 0 Å². The fraction of sp³-hybridized carbons (Fsp3) is 0.211. The molecular weight excluding hydrogens is 300 g/mol. The maximum absolute atomic E-state index is 5.98. The number of para-hydroxylation sites is 1. The summed E-state index contributed by atoms with van der Waals surface area (Å²) in [7, 11) is 0. The molecule has 3 rings (SSSR count). The summed E-state index contributed by atoms with van der Waals surface area (Å²) < 4.78 is 5.98. The molecule has 0 fully saturated rings. The van der Waals surface area contributed by atoms with Crippen molar-refractivity contribution in [1.29, 1.82) is 0 Å². The number of nitrogens with one attached hydrogen (secondary N) is 1. The van der Waals surface area contributed by atoms with Crippen LogP contribution in [0.4, 0.5) is 0 Å². The molecule has 0 unspecified atom stereocenters. The van der Waals surface area contributed by atoms with Gasteiger partial charge in [0.1, 0.15) is 11.6 Å². The van der Waals surface area contributed by atoms with E-state index in [4.69, 9.17) is 4.74 Å². The first-order chi connectivity index (χ1) is 11.7. The summed E-state index contributed by atoms with van der Waals surface area (Å²) >= 11 is 0. The third-order valence-corrected chi connectivity index (χ3v) is 3.63. The highest BCUT2D eigenvalue weighted by Gasteiger charge is 2.07. The Morgan fingerprint density at radius 1 is 0.917 bits per heavy atom. The van der Waals surface area contributed by atoms with E-state index in [1.165, 1.54) is 0 Å². The van der Waals surface area contributed by atoms with E-state index in [2.05, 4.69) is 20.3 Å². The Morgan fingerprint density at radius 3 is 2.50 bits per heavy atom. The van der Waals surface area contributed by atoms with Crippen LogP contribution in [0.1, 0.15) is 22.5 Å². The zero-order valence-electron chi connectivity index (χ0n) is 13.9. The zero-order valence-corrected chi connectivity index (χ0v) is 13.9. The number of hydrogen-bond donors (Lipinski definition) is 1. The molecule has 122 valence electrons. The van der Waals surface area contributed by atoms with E-state index in [0.29, 0.717) is 19.0 Å². The minimum absolute atomic E-state index is 0.624. The first-order valence-corrected chi connectivity index (χ1v) is 7.88. The SMILES string of the molecule is Cc1ncc(CNCc2cccnc2Oc2ccccc2C)cn1. The van der Waals surface area contributed by atoms with Crippen LogP contribution >= 0.6 is 0 Å². The highest BCUT2D eigenvalue weighted by Crippen LogP contribution is 2.25. The highest BCUT2D eigenvalue weighted by atomic mass is 16.5. The number of rotatable bonds is 6. The van der Waals surface area contributed by atoms with E-state index in [1.807, 2.05) is 62.6 Å². The second kappa shape index (κ2) is 7.66. The molecule has 3 aromatic rings. The van der Waals surface area contributed by atoms with Gasteiger partial charge in [0.2, 0.25) is 5.88 Å². The third-order valence-electron chi connectivity index (χ3n) is 3.63. The maximum atomic E-state index is 5.98. The van der Waals surface area contributed by atoms with Gasteiger partial charge in [-0.05, 0) is 31.5 Å². The standard InChI is InChI=1S/C19H20N4O/c1-14-6-3-4-8-18(14)24-19-17(7-5-9-21-19)13-20-10-16-11-22-15(2)23-12-16/h3-9,11-12,20H,10,13H2,1-2H3. The van der Waals surface area contributed by atoms with Crippen molar-refractivity contribution in [2.24, 2.45) is 0 Å². The van der Waals surface area contributed by atoms with Crippen LogP contribution in [0.15, 0.2) is 55.0 Å². The Morgan fingerprint density at radius 2 is 1.71 bits per heavy atom. The molecule has 0 aliphatic rings. The Hall–Kier alpha value is -2.79. The predicted molar refractivity (Wildman–Crippen MR) is 92.8 cm³/mol. The van der Waals surface area contributed by atoms with Gasteiger partial charge in [-0.25, -0.2) is 15.0 Å². The summed E-state index contributed by atoms with van der Waals surface area (Å²) in [5.74, 6) is 2.23. The highest BCUT2D eigenvalue weighted by molar-refractivity contribution is 5.37. The summed E-state index contributed by atoms with van der Waals surface area (Å²) in [5.41, 5.74) is 3.14. The summed E-state index contributed by atoms with van der Waals surface area (Å²) in [5, 5.41) is 3.38. The average Bonchev–Trinajstić information content (AvgIpc) is 2.60. The van der Waals surface area contributed by atoms with Gasteiger partial charge in [0.15, 0.2) is 0 Å². The molecule has 0 bridgehead atoms. The average molecular weight is 320 g/mol. The van der Waals surface area contributed by atoms with Gasteiger partial charge in [-0.2, -0.15) is 0 Å². The van der Waals surface area contributed by atoms with Gasteiger partial charge in [0, 0.05) is 42.8 Å². The number of hydrogen-bond acceptors (Lipinski definition) is 5. The van der Waals surface area contributed by atoms with Crippen molar-refractivity contribution in [3.8, 4) is 11.6 Å². The van der Waals surface area contributed by atoms with E-state index in [1.54, 1.807) is 6.20 Å². The summed E-state index contributed by atoms with van der Waals surface area (Å²) in [6.07, 6.45) is 5.41. The second-order valence-electron chi connectivity index (χ2n) is 5.58. The van der Waals surface area contributed by atoms with Crippen LogP contribution in [-0.4, -0.2) is 15.0 Å². The molecule has 0 aliphatic carbocycles. The van der Waals surface area contributed by atoms with Crippen LogP contribution in [0, 0.1) is 13.8 Å². The smallest absolute Gasteiger partial charge is 0.223 e. The van der Waals surface area contributed by atoms with Crippen molar-refractivity contribution in [1.82, 2.24) is 20.3 Å². The molecule has 0 saturated carbocycles. The molecule has 2 heterocycles. The molecule has 1 aromatic carbocycles. The lowest BCUT2D eigenvalue weighted by Crippen LogP contribution is -2.14. The van der Waals surface area contributed by atoms with Gasteiger partial charge >= 0.3 is 0 Å². The second-order valence-corrected chi connectivity index (χ2v) is 5.58. The number of nitrogens with zero attached hydrogens (tertiary/aromatic N) is 3. The lowest BCUT2D eigenvalue weighted by molar-refractivity contribution is 0.449. The van der Waals surface area contributed by atoms with Crippen molar-refractivity contribution in [3.63, 3.8) is 0 Å². The molecular formula is C19H20N4O. The van der Waals surface area contributed by atoms with Crippen LogP contribution in [0.25, 0.3) is 0 Å². The summed E-state index contributed by atoms with van der Waals surface area (Å²) in [6, 6.07) is 11.8. The lowest BCUT2D eigenvalue weighted by Gasteiger charge is -2.12. The molecule has 5 nitrogen and oxygen atoms in total. The Kier molecular flexibility index (Phi) is 5.13. The zero-order chi connectivity index (χ0) is 16.8. The molecule has 0 aliphatic heterocycles. The van der Waals surface area contributed by atoms with Gasteiger partial charge < -0.3 is 10.1 Å². The Balaban J connectivity index is 1.66. The van der Waals surface area contributed by atoms with Crippen LogP contribution in [0.5, 0.6) is 11.6 Å². The van der Waals surface area contributed by atoms with E-state index >= 15 is 0 Å². The third kappa shape index (κ3) is 4.14.